The minimum absolute atomic E-state index is 0.489. The first-order valence-corrected chi connectivity index (χ1v) is 7.88. The van der Waals surface area contributed by atoms with Gasteiger partial charge in [-0.05, 0) is 31.4 Å². The molecule has 0 aliphatic carbocycles. The summed E-state index contributed by atoms with van der Waals surface area (Å²) >= 11 is 0. The second-order valence-corrected chi connectivity index (χ2v) is 6.09. The van der Waals surface area contributed by atoms with Gasteiger partial charge in [0, 0.05) is 30.9 Å². The molecule has 2 aromatic rings. The maximum atomic E-state index is 4.64. The third kappa shape index (κ3) is 3.94. The van der Waals surface area contributed by atoms with E-state index < -0.39 is 0 Å². The third-order valence-corrected chi connectivity index (χ3v) is 3.66. The summed E-state index contributed by atoms with van der Waals surface area (Å²) in [5, 5.41) is 8.15. The van der Waals surface area contributed by atoms with Crippen LogP contribution in [0.4, 0.5) is 0 Å². The number of hydrogen-bond donors (Lipinski definition) is 1. The molecule has 1 N–H and O–H groups in total. The molecule has 0 bridgehead atoms. The highest BCUT2D eigenvalue weighted by Gasteiger charge is 2.12. The van der Waals surface area contributed by atoms with Gasteiger partial charge in [0.15, 0.2) is 0 Å². The zero-order valence-corrected chi connectivity index (χ0v) is 13.9. The molecule has 0 atom stereocenters. The van der Waals surface area contributed by atoms with Crippen LogP contribution < -0.4 is 5.32 Å². The fourth-order valence-electron chi connectivity index (χ4n) is 2.54. The summed E-state index contributed by atoms with van der Waals surface area (Å²) in [6.45, 7) is 12.7. The van der Waals surface area contributed by atoms with Crippen LogP contribution >= 0.6 is 0 Å². The van der Waals surface area contributed by atoms with Gasteiger partial charge in [0.2, 0.25) is 0 Å². The molecule has 2 rings (SSSR count). The topological polar surface area (TPSA) is 29.9 Å². The van der Waals surface area contributed by atoms with Gasteiger partial charge in [-0.3, -0.25) is 4.68 Å². The lowest BCUT2D eigenvalue weighted by atomic mass is 9.98. The van der Waals surface area contributed by atoms with Crippen LogP contribution in [0.3, 0.4) is 0 Å². The standard InChI is InChI=1S/C18H27N3/c1-6-9-21-12-18(15(5)20-21)17-10-14(4)7-8-16(17)11-19-13(2)3/h7-8,10,12-13,19H,6,9,11H2,1-5H3. The molecule has 1 heterocycles. The summed E-state index contributed by atoms with van der Waals surface area (Å²) in [5.41, 5.74) is 6.31. The van der Waals surface area contributed by atoms with Crippen molar-refractivity contribution < 1.29 is 0 Å². The number of aromatic nitrogens is 2. The molecule has 0 unspecified atom stereocenters. The number of rotatable bonds is 6. The van der Waals surface area contributed by atoms with Gasteiger partial charge in [-0.25, -0.2) is 0 Å². The summed E-state index contributed by atoms with van der Waals surface area (Å²) in [5.74, 6) is 0. The Morgan fingerprint density at radius 2 is 1.95 bits per heavy atom. The van der Waals surface area contributed by atoms with Gasteiger partial charge in [0.25, 0.3) is 0 Å². The molecule has 21 heavy (non-hydrogen) atoms. The Kier molecular flexibility index (Phi) is 5.18. The molecule has 3 nitrogen and oxygen atoms in total. The smallest absolute Gasteiger partial charge is 0.0672 e. The van der Waals surface area contributed by atoms with E-state index in [4.69, 9.17) is 0 Å². The van der Waals surface area contributed by atoms with Crippen LogP contribution in [0.5, 0.6) is 0 Å². The molecular formula is C18H27N3. The molecule has 1 aromatic carbocycles. The van der Waals surface area contributed by atoms with Crippen molar-refractivity contribution in [1.29, 1.82) is 0 Å². The molecular weight excluding hydrogens is 258 g/mol. The maximum absolute atomic E-state index is 4.64. The van der Waals surface area contributed by atoms with Crippen molar-refractivity contribution in [1.82, 2.24) is 15.1 Å². The lowest BCUT2D eigenvalue weighted by Crippen LogP contribution is -2.22. The lowest BCUT2D eigenvalue weighted by molar-refractivity contribution is 0.589. The van der Waals surface area contributed by atoms with Gasteiger partial charge in [0.05, 0.1) is 5.69 Å². The average molecular weight is 285 g/mol. The van der Waals surface area contributed by atoms with Crippen LogP contribution in [0.2, 0.25) is 0 Å². The zero-order valence-electron chi connectivity index (χ0n) is 13.9. The number of benzene rings is 1. The van der Waals surface area contributed by atoms with Crippen molar-refractivity contribution in [2.24, 2.45) is 0 Å². The Morgan fingerprint density at radius 1 is 1.19 bits per heavy atom. The quantitative estimate of drug-likeness (QED) is 0.867. The molecule has 114 valence electrons. The number of nitrogens with zero attached hydrogens (tertiary/aromatic N) is 2. The largest absolute Gasteiger partial charge is 0.310 e. The molecule has 0 saturated carbocycles. The van der Waals surface area contributed by atoms with Gasteiger partial charge in [0.1, 0.15) is 0 Å². The SMILES string of the molecule is CCCn1cc(-c2cc(C)ccc2CNC(C)C)c(C)n1. The Balaban J connectivity index is 2.39. The Bertz CT molecular complexity index is 597. The van der Waals surface area contributed by atoms with E-state index >= 15 is 0 Å². The molecule has 0 fully saturated rings. The van der Waals surface area contributed by atoms with Crippen molar-refractivity contribution in [3.63, 3.8) is 0 Å². The zero-order chi connectivity index (χ0) is 15.4. The molecule has 0 spiro atoms. The van der Waals surface area contributed by atoms with Crippen LogP contribution in [0.15, 0.2) is 24.4 Å². The summed E-state index contributed by atoms with van der Waals surface area (Å²) < 4.78 is 2.06. The summed E-state index contributed by atoms with van der Waals surface area (Å²) in [4.78, 5) is 0. The highest BCUT2D eigenvalue weighted by molar-refractivity contribution is 5.69. The van der Waals surface area contributed by atoms with Gasteiger partial charge in [-0.1, -0.05) is 44.5 Å². The average Bonchev–Trinajstić information content (AvgIpc) is 2.78. The number of hydrogen-bond acceptors (Lipinski definition) is 2. The molecule has 0 aliphatic rings. The molecule has 0 radical (unpaired) electrons. The minimum Gasteiger partial charge on any atom is -0.310 e. The molecule has 0 amide bonds. The predicted molar refractivity (Wildman–Crippen MR) is 89.4 cm³/mol. The predicted octanol–water partition coefficient (Wildman–Crippen LogP) is 4.07. The Hall–Kier alpha value is -1.61. The monoisotopic (exact) mass is 285 g/mol. The highest BCUT2D eigenvalue weighted by Crippen LogP contribution is 2.27. The van der Waals surface area contributed by atoms with Gasteiger partial charge in [-0.15, -0.1) is 0 Å². The number of aryl methyl sites for hydroxylation is 3. The number of nitrogens with one attached hydrogen (secondary N) is 1. The first kappa shape index (κ1) is 15.8. The van der Waals surface area contributed by atoms with Crippen LogP contribution in [-0.2, 0) is 13.1 Å². The summed E-state index contributed by atoms with van der Waals surface area (Å²) in [6, 6.07) is 7.18. The fourth-order valence-corrected chi connectivity index (χ4v) is 2.54. The Morgan fingerprint density at radius 3 is 2.62 bits per heavy atom. The van der Waals surface area contributed by atoms with E-state index in [9.17, 15) is 0 Å². The molecule has 0 saturated heterocycles. The second kappa shape index (κ2) is 6.90. The lowest BCUT2D eigenvalue weighted by Gasteiger charge is -2.13. The highest BCUT2D eigenvalue weighted by atomic mass is 15.3. The van der Waals surface area contributed by atoms with Gasteiger partial charge >= 0.3 is 0 Å². The van der Waals surface area contributed by atoms with E-state index in [1.807, 2.05) is 0 Å². The van der Waals surface area contributed by atoms with Crippen molar-refractivity contribution in [3.05, 3.63) is 41.2 Å². The van der Waals surface area contributed by atoms with Crippen LogP contribution in [-0.4, -0.2) is 15.8 Å². The van der Waals surface area contributed by atoms with Crippen LogP contribution in [0.25, 0.3) is 11.1 Å². The van der Waals surface area contributed by atoms with Crippen molar-refractivity contribution in [3.8, 4) is 11.1 Å². The Labute approximate surface area is 128 Å². The minimum atomic E-state index is 0.489. The summed E-state index contributed by atoms with van der Waals surface area (Å²) in [7, 11) is 0. The van der Waals surface area contributed by atoms with E-state index in [0.29, 0.717) is 6.04 Å². The van der Waals surface area contributed by atoms with E-state index in [0.717, 1.165) is 25.2 Å². The molecule has 0 aliphatic heterocycles. The normalized spacial score (nSPS) is 11.3. The van der Waals surface area contributed by atoms with Gasteiger partial charge in [-0.2, -0.15) is 5.10 Å². The van der Waals surface area contributed by atoms with Crippen molar-refractivity contribution in [2.75, 3.05) is 0 Å². The van der Waals surface area contributed by atoms with Crippen LogP contribution in [0, 0.1) is 13.8 Å². The van der Waals surface area contributed by atoms with E-state index in [-0.39, 0.29) is 0 Å². The van der Waals surface area contributed by atoms with E-state index in [1.54, 1.807) is 0 Å². The van der Waals surface area contributed by atoms with E-state index in [2.05, 4.69) is 74.1 Å². The molecule has 3 heteroatoms. The van der Waals surface area contributed by atoms with Gasteiger partial charge < -0.3 is 5.32 Å². The fraction of sp³-hybridized carbons (Fsp3) is 0.500. The van der Waals surface area contributed by atoms with Crippen molar-refractivity contribution in [2.45, 2.75) is 60.2 Å². The second-order valence-electron chi connectivity index (χ2n) is 6.09. The van der Waals surface area contributed by atoms with Crippen molar-refractivity contribution >= 4 is 0 Å². The maximum Gasteiger partial charge on any atom is 0.0672 e. The third-order valence-electron chi connectivity index (χ3n) is 3.66. The first-order chi connectivity index (χ1) is 10.0. The summed E-state index contributed by atoms with van der Waals surface area (Å²) in [6.07, 6.45) is 3.29. The first-order valence-electron chi connectivity index (χ1n) is 7.88. The van der Waals surface area contributed by atoms with E-state index in [1.165, 1.54) is 22.3 Å². The van der Waals surface area contributed by atoms with Crippen LogP contribution in [0.1, 0.15) is 44.0 Å². The molecule has 1 aromatic heterocycles.